The van der Waals surface area contributed by atoms with Crippen LogP contribution in [0, 0.1) is 0 Å². The predicted octanol–water partition coefficient (Wildman–Crippen LogP) is -0.0901. The summed E-state index contributed by atoms with van der Waals surface area (Å²) in [6.07, 6.45) is 2.87. The van der Waals surface area contributed by atoms with Crippen LogP contribution >= 0.6 is 0 Å². The van der Waals surface area contributed by atoms with E-state index in [0.717, 1.165) is 0 Å². The zero-order chi connectivity index (χ0) is 10.7. The van der Waals surface area contributed by atoms with E-state index in [0.29, 0.717) is 11.3 Å². The maximum atomic E-state index is 11.5. The van der Waals surface area contributed by atoms with Crippen LogP contribution in [0.5, 0.6) is 0 Å². The first-order chi connectivity index (χ1) is 7.27. The number of nitrogen functional groups attached to an aromatic ring is 1. The van der Waals surface area contributed by atoms with Crippen molar-refractivity contribution in [3.05, 3.63) is 29.8 Å². The van der Waals surface area contributed by atoms with Crippen LogP contribution in [0.25, 0.3) is 0 Å². The Morgan fingerprint density at radius 2 is 2.53 bits per heavy atom. The first kappa shape index (κ1) is 9.25. The zero-order valence-electron chi connectivity index (χ0n) is 7.73. The number of nitrogens with two attached hydrogens (primary N) is 1. The smallest absolute Gasteiger partial charge is 0.257 e. The summed E-state index contributed by atoms with van der Waals surface area (Å²) in [6.45, 7) is 0.267. The van der Waals surface area contributed by atoms with Gasteiger partial charge in [-0.15, -0.1) is 0 Å². The molecule has 0 aliphatic carbocycles. The van der Waals surface area contributed by atoms with Gasteiger partial charge in [0.05, 0.1) is 18.9 Å². The van der Waals surface area contributed by atoms with E-state index in [9.17, 15) is 4.79 Å². The molecule has 7 nitrogen and oxygen atoms in total. The molecule has 78 valence electrons. The lowest BCUT2D eigenvalue weighted by molar-refractivity contribution is 0.0948. The summed E-state index contributed by atoms with van der Waals surface area (Å²) >= 11 is 0. The quantitative estimate of drug-likeness (QED) is 0.651. The number of amides is 1. The molecule has 4 N–H and O–H groups in total. The second kappa shape index (κ2) is 3.82. The molecular formula is C8H9N5O2. The molecule has 0 fully saturated rings. The summed E-state index contributed by atoms with van der Waals surface area (Å²) in [5, 5.41) is 12.2. The van der Waals surface area contributed by atoms with E-state index in [1.165, 1.54) is 12.4 Å². The van der Waals surface area contributed by atoms with E-state index >= 15 is 0 Å². The Balaban J connectivity index is 1.96. The molecule has 0 aliphatic rings. The molecule has 0 radical (unpaired) electrons. The molecular weight excluding hydrogens is 198 g/mol. The van der Waals surface area contributed by atoms with Crippen molar-refractivity contribution in [1.82, 2.24) is 20.7 Å². The largest absolute Gasteiger partial charge is 0.383 e. The summed E-state index contributed by atoms with van der Waals surface area (Å²) in [6, 6.07) is 1.67. The summed E-state index contributed by atoms with van der Waals surface area (Å²) in [4.78, 5) is 11.5. The number of aromatic nitrogens is 3. The van der Waals surface area contributed by atoms with Crippen molar-refractivity contribution in [2.45, 2.75) is 6.54 Å². The van der Waals surface area contributed by atoms with Crippen molar-refractivity contribution in [2.24, 2.45) is 0 Å². The number of anilines is 1. The molecule has 2 aromatic rings. The van der Waals surface area contributed by atoms with Crippen LogP contribution in [-0.4, -0.2) is 21.3 Å². The van der Waals surface area contributed by atoms with Crippen molar-refractivity contribution in [1.29, 1.82) is 0 Å². The van der Waals surface area contributed by atoms with Crippen molar-refractivity contribution in [3.63, 3.8) is 0 Å². The van der Waals surface area contributed by atoms with Crippen LogP contribution in [0.2, 0.25) is 0 Å². The third kappa shape index (κ3) is 1.96. The van der Waals surface area contributed by atoms with Crippen molar-refractivity contribution in [2.75, 3.05) is 5.73 Å². The van der Waals surface area contributed by atoms with Gasteiger partial charge in [0.2, 0.25) is 0 Å². The van der Waals surface area contributed by atoms with Gasteiger partial charge in [0.1, 0.15) is 11.4 Å². The lowest BCUT2D eigenvalue weighted by Crippen LogP contribution is -2.23. The third-order valence-electron chi connectivity index (χ3n) is 1.83. The minimum absolute atomic E-state index is 0.241. The molecule has 7 heteroatoms. The van der Waals surface area contributed by atoms with E-state index in [4.69, 9.17) is 10.3 Å². The monoisotopic (exact) mass is 207 g/mol. The Kier molecular flexibility index (Phi) is 2.36. The van der Waals surface area contributed by atoms with Gasteiger partial charge in [-0.25, -0.2) is 0 Å². The molecule has 2 aromatic heterocycles. The fourth-order valence-corrected chi connectivity index (χ4v) is 1.07. The van der Waals surface area contributed by atoms with Gasteiger partial charge >= 0.3 is 0 Å². The molecule has 0 saturated heterocycles. The lowest BCUT2D eigenvalue weighted by atomic mass is 10.3. The maximum Gasteiger partial charge on any atom is 0.257 e. The highest BCUT2D eigenvalue weighted by atomic mass is 16.5. The molecule has 2 rings (SSSR count). The number of H-pyrrole nitrogens is 1. The number of hydrogen-bond donors (Lipinski definition) is 3. The SMILES string of the molecule is Nc1[nH]ncc1C(=O)NCc1ccno1. The minimum atomic E-state index is -0.308. The topological polar surface area (TPSA) is 110 Å². The molecule has 0 unspecified atom stereocenters. The van der Waals surface area contributed by atoms with Crippen LogP contribution < -0.4 is 11.1 Å². The average Bonchev–Trinajstić information content (AvgIpc) is 2.84. The van der Waals surface area contributed by atoms with E-state index < -0.39 is 0 Å². The Morgan fingerprint density at radius 1 is 1.67 bits per heavy atom. The molecule has 0 aliphatic heterocycles. The number of carbonyl (C=O) groups excluding carboxylic acids is 1. The van der Waals surface area contributed by atoms with Gasteiger partial charge in [0, 0.05) is 6.07 Å². The Bertz CT molecular complexity index is 447. The highest BCUT2D eigenvalue weighted by molar-refractivity contribution is 5.97. The van der Waals surface area contributed by atoms with Crippen molar-refractivity contribution < 1.29 is 9.32 Å². The van der Waals surface area contributed by atoms with E-state index in [2.05, 4.69) is 20.7 Å². The fourth-order valence-electron chi connectivity index (χ4n) is 1.07. The molecule has 0 atom stereocenters. The van der Waals surface area contributed by atoms with Gasteiger partial charge in [-0.05, 0) is 0 Å². The highest BCUT2D eigenvalue weighted by Gasteiger charge is 2.11. The first-order valence-electron chi connectivity index (χ1n) is 4.24. The van der Waals surface area contributed by atoms with Crippen LogP contribution in [-0.2, 0) is 6.54 Å². The van der Waals surface area contributed by atoms with Crippen LogP contribution in [0.4, 0.5) is 5.82 Å². The molecule has 0 saturated carbocycles. The Morgan fingerprint density at radius 3 is 3.13 bits per heavy atom. The number of nitrogens with zero attached hydrogens (tertiary/aromatic N) is 2. The van der Waals surface area contributed by atoms with Gasteiger partial charge in [0.25, 0.3) is 5.91 Å². The number of hydrogen-bond acceptors (Lipinski definition) is 5. The molecule has 0 bridgehead atoms. The van der Waals surface area contributed by atoms with Gasteiger partial charge in [-0.3, -0.25) is 9.89 Å². The normalized spacial score (nSPS) is 10.1. The van der Waals surface area contributed by atoms with E-state index in [1.807, 2.05) is 0 Å². The van der Waals surface area contributed by atoms with E-state index in [-0.39, 0.29) is 18.3 Å². The van der Waals surface area contributed by atoms with Gasteiger partial charge in [0.15, 0.2) is 5.76 Å². The maximum absolute atomic E-state index is 11.5. The summed E-state index contributed by atoms with van der Waals surface area (Å²) in [7, 11) is 0. The second-order valence-electron chi connectivity index (χ2n) is 2.86. The van der Waals surface area contributed by atoms with Crippen molar-refractivity contribution >= 4 is 11.7 Å². The highest BCUT2D eigenvalue weighted by Crippen LogP contribution is 2.05. The van der Waals surface area contributed by atoms with Gasteiger partial charge in [-0.1, -0.05) is 5.16 Å². The molecule has 15 heavy (non-hydrogen) atoms. The number of carbonyl (C=O) groups is 1. The zero-order valence-corrected chi connectivity index (χ0v) is 7.73. The first-order valence-corrected chi connectivity index (χ1v) is 4.24. The Labute approximate surface area is 84.6 Å². The van der Waals surface area contributed by atoms with Gasteiger partial charge < -0.3 is 15.6 Å². The van der Waals surface area contributed by atoms with Crippen LogP contribution in [0.15, 0.2) is 23.0 Å². The average molecular weight is 207 g/mol. The summed E-state index contributed by atoms with van der Waals surface area (Å²) < 4.78 is 4.81. The van der Waals surface area contributed by atoms with Crippen LogP contribution in [0.3, 0.4) is 0 Å². The Hall–Kier alpha value is -2.31. The van der Waals surface area contributed by atoms with Gasteiger partial charge in [-0.2, -0.15) is 5.10 Å². The molecule has 0 spiro atoms. The lowest BCUT2D eigenvalue weighted by Gasteiger charge is -2.00. The number of nitrogens with one attached hydrogen (secondary N) is 2. The minimum Gasteiger partial charge on any atom is -0.383 e. The molecule has 2 heterocycles. The standard InChI is InChI=1S/C8H9N5O2/c9-7-6(4-11-13-7)8(14)10-3-5-1-2-12-15-5/h1-2,4H,3H2,(H,10,14)(H3,9,11,13). The summed E-state index contributed by atoms with van der Waals surface area (Å²) in [5.41, 5.74) is 5.79. The van der Waals surface area contributed by atoms with E-state index in [1.54, 1.807) is 6.07 Å². The number of aromatic amines is 1. The predicted molar refractivity (Wildman–Crippen MR) is 50.7 cm³/mol. The number of rotatable bonds is 3. The fraction of sp³-hybridized carbons (Fsp3) is 0.125. The summed E-state index contributed by atoms with van der Waals surface area (Å²) in [5.74, 6) is 0.508. The second-order valence-corrected chi connectivity index (χ2v) is 2.86. The van der Waals surface area contributed by atoms with Crippen molar-refractivity contribution in [3.8, 4) is 0 Å². The third-order valence-corrected chi connectivity index (χ3v) is 1.83. The molecule has 0 aromatic carbocycles. The van der Waals surface area contributed by atoms with Crippen LogP contribution in [0.1, 0.15) is 16.1 Å². The molecule has 1 amide bonds.